The van der Waals surface area contributed by atoms with Gasteiger partial charge in [0.2, 0.25) is 0 Å². The zero-order valence-corrected chi connectivity index (χ0v) is 9.33. The van der Waals surface area contributed by atoms with E-state index in [0.29, 0.717) is 10.8 Å². The maximum absolute atomic E-state index is 2.41. The lowest BCUT2D eigenvalue weighted by Crippen LogP contribution is -2.35. The molecule has 1 heteroatoms. The van der Waals surface area contributed by atoms with Crippen LogP contribution < -0.4 is 0 Å². The lowest BCUT2D eigenvalue weighted by Gasteiger charge is -2.45. The fourth-order valence-electron chi connectivity index (χ4n) is 1.81. The molecule has 0 spiro atoms. The second-order valence-electron chi connectivity index (χ2n) is 4.97. The first-order valence-electron chi connectivity index (χ1n) is 4.46. The Labute approximate surface area is 78.2 Å². The molecule has 0 aromatic rings. The number of hydrogen-bond donors (Lipinski definition) is 0. The molecule has 11 heavy (non-hydrogen) atoms. The minimum Gasteiger partial charge on any atom is -0.197 e. The second-order valence-corrected chi connectivity index (χ2v) is 4.97. The van der Waals surface area contributed by atoms with Crippen LogP contribution in [0.4, 0.5) is 0 Å². The zero-order chi connectivity index (χ0) is 7.83. The van der Waals surface area contributed by atoms with Gasteiger partial charge in [-0.15, -0.1) is 0 Å². The van der Waals surface area contributed by atoms with Gasteiger partial charge in [0.1, 0.15) is 0 Å². The van der Waals surface area contributed by atoms with Crippen LogP contribution in [0, 0.1) is 10.8 Å². The third kappa shape index (κ3) is 2.14. The Morgan fingerprint density at radius 2 is 1.00 bits per heavy atom. The molecule has 1 rings (SSSR count). The van der Waals surface area contributed by atoms with Gasteiger partial charge < -0.3 is 0 Å². The molecule has 0 N–H and O–H groups in total. The molecular weight excluding hydrogens is 152 g/mol. The van der Waals surface area contributed by atoms with E-state index >= 15 is 0 Å². The van der Waals surface area contributed by atoms with E-state index in [-0.39, 0.29) is 13.5 Å². The van der Waals surface area contributed by atoms with Gasteiger partial charge >= 0.3 is 0 Å². The summed E-state index contributed by atoms with van der Waals surface area (Å²) in [4.78, 5) is 0. The van der Waals surface area contributed by atoms with Crippen LogP contribution in [-0.2, 0) is 0 Å². The van der Waals surface area contributed by atoms with Gasteiger partial charge in [-0.2, -0.15) is 13.5 Å². The Kier molecular flexibility index (Phi) is 3.49. The summed E-state index contributed by atoms with van der Waals surface area (Å²) in [6.45, 7) is 9.64. The highest BCUT2D eigenvalue weighted by molar-refractivity contribution is 7.59. The summed E-state index contributed by atoms with van der Waals surface area (Å²) in [7, 11) is 0. The molecule has 1 fully saturated rings. The molecule has 0 amide bonds. The maximum atomic E-state index is 2.41. The van der Waals surface area contributed by atoms with Gasteiger partial charge in [0.15, 0.2) is 0 Å². The van der Waals surface area contributed by atoms with Crippen molar-refractivity contribution in [1.82, 2.24) is 0 Å². The van der Waals surface area contributed by atoms with Gasteiger partial charge in [0, 0.05) is 0 Å². The van der Waals surface area contributed by atoms with Crippen molar-refractivity contribution in [1.29, 1.82) is 0 Å². The summed E-state index contributed by atoms with van der Waals surface area (Å²) in [6.07, 6.45) is 5.72. The summed E-state index contributed by atoms with van der Waals surface area (Å²) < 4.78 is 0. The predicted octanol–water partition coefficient (Wildman–Crippen LogP) is 3.73. The minimum absolute atomic E-state index is 0. The van der Waals surface area contributed by atoms with Crippen LogP contribution in [0.5, 0.6) is 0 Å². The Morgan fingerprint density at radius 1 is 0.727 bits per heavy atom. The summed E-state index contributed by atoms with van der Waals surface area (Å²) >= 11 is 0. The molecule has 0 aromatic heterocycles. The van der Waals surface area contributed by atoms with Crippen molar-refractivity contribution in [3.05, 3.63) is 0 Å². The molecule has 0 saturated heterocycles. The normalized spacial score (nSPS) is 27.3. The fourth-order valence-corrected chi connectivity index (χ4v) is 1.81. The molecule has 1 aliphatic rings. The van der Waals surface area contributed by atoms with E-state index in [1.807, 2.05) is 0 Å². The van der Waals surface area contributed by atoms with E-state index in [2.05, 4.69) is 27.7 Å². The standard InChI is InChI=1S/C10H20.H2S/c1-9(2)7-5-6-8-10(9,3)4;/h5-8H2,1-4H3;1H2. The highest BCUT2D eigenvalue weighted by Crippen LogP contribution is 2.49. The van der Waals surface area contributed by atoms with Crippen LogP contribution in [0.25, 0.3) is 0 Å². The zero-order valence-electron chi connectivity index (χ0n) is 8.33. The van der Waals surface area contributed by atoms with Crippen molar-refractivity contribution in [3.63, 3.8) is 0 Å². The Hall–Kier alpha value is 0.350. The SMILES string of the molecule is CC1(C)CCCCC1(C)C.S. The summed E-state index contributed by atoms with van der Waals surface area (Å²) in [5.74, 6) is 0. The van der Waals surface area contributed by atoms with E-state index in [1.165, 1.54) is 25.7 Å². The fraction of sp³-hybridized carbons (Fsp3) is 1.00. The lowest BCUT2D eigenvalue weighted by atomic mass is 9.60. The molecule has 0 bridgehead atoms. The van der Waals surface area contributed by atoms with Crippen LogP contribution >= 0.6 is 13.5 Å². The number of hydrogen-bond acceptors (Lipinski definition) is 0. The maximum Gasteiger partial charge on any atom is -0.0303 e. The average molecular weight is 174 g/mol. The van der Waals surface area contributed by atoms with E-state index in [1.54, 1.807) is 0 Å². The van der Waals surface area contributed by atoms with Crippen molar-refractivity contribution >= 4 is 13.5 Å². The molecule has 1 saturated carbocycles. The van der Waals surface area contributed by atoms with E-state index in [9.17, 15) is 0 Å². The van der Waals surface area contributed by atoms with E-state index < -0.39 is 0 Å². The molecule has 1 aliphatic carbocycles. The topological polar surface area (TPSA) is 0 Å². The van der Waals surface area contributed by atoms with Gasteiger partial charge in [-0.1, -0.05) is 40.5 Å². The smallest absolute Gasteiger partial charge is 0.0303 e. The van der Waals surface area contributed by atoms with Gasteiger partial charge in [-0.3, -0.25) is 0 Å². The molecular formula is C10H22S. The van der Waals surface area contributed by atoms with Crippen LogP contribution in [0.15, 0.2) is 0 Å². The van der Waals surface area contributed by atoms with Crippen molar-refractivity contribution < 1.29 is 0 Å². The van der Waals surface area contributed by atoms with Crippen molar-refractivity contribution in [3.8, 4) is 0 Å². The van der Waals surface area contributed by atoms with Crippen LogP contribution in [0.3, 0.4) is 0 Å². The van der Waals surface area contributed by atoms with Crippen LogP contribution in [0.1, 0.15) is 53.4 Å². The van der Waals surface area contributed by atoms with Gasteiger partial charge in [-0.05, 0) is 23.7 Å². The highest BCUT2D eigenvalue weighted by Gasteiger charge is 2.38. The van der Waals surface area contributed by atoms with Crippen molar-refractivity contribution in [2.75, 3.05) is 0 Å². The third-order valence-electron chi connectivity index (χ3n) is 3.69. The third-order valence-corrected chi connectivity index (χ3v) is 3.69. The number of rotatable bonds is 0. The van der Waals surface area contributed by atoms with Gasteiger partial charge in [0.05, 0.1) is 0 Å². The van der Waals surface area contributed by atoms with Crippen LogP contribution in [-0.4, -0.2) is 0 Å². The first kappa shape index (κ1) is 11.4. The highest BCUT2D eigenvalue weighted by atomic mass is 32.1. The van der Waals surface area contributed by atoms with E-state index in [4.69, 9.17) is 0 Å². The molecule has 68 valence electrons. The molecule has 0 atom stereocenters. The summed E-state index contributed by atoms with van der Waals surface area (Å²) in [5.41, 5.74) is 1.15. The second kappa shape index (κ2) is 3.38. The average Bonchev–Trinajstić information content (AvgIpc) is 1.77. The van der Waals surface area contributed by atoms with E-state index in [0.717, 1.165) is 0 Å². The molecule has 0 nitrogen and oxygen atoms in total. The van der Waals surface area contributed by atoms with Gasteiger partial charge in [-0.25, -0.2) is 0 Å². The Morgan fingerprint density at radius 3 is 1.18 bits per heavy atom. The monoisotopic (exact) mass is 174 g/mol. The molecule has 0 radical (unpaired) electrons. The molecule has 0 unspecified atom stereocenters. The van der Waals surface area contributed by atoms with Gasteiger partial charge in [0.25, 0.3) is 0 Å². The predicted molar refractivity (Wildman–Crippen MR) is 56.4 cm³/mol. The van der Waals surface area contributed by atoms with Crippen LogP contribution in [0.2, 0.25) is 0 Å². The van der Waals surface area contributed by atoms with Crippen molar-refractivity contribution in [2.45, 2.75) is 53.4 Å². The first-order valence-corrected chi connectivity index (χ1v) is 4.46. The molecule has 0 heterocycles. The minimum atomic E-state index is 0. The van der Waals surface area contributed by atoms with Crippen molar-refractivity contribution in [2.24, 2.45) is 10.8 Å². The quantitative estimate of drug-likeness (QED) is 0.525. The summed E-state index contributed by atoms with van der Waals surface area (Å²) in [6, 6.07) is 0. The Balaban J connectivity index is 0.000001000. The molecule has 0 aromatic carbocycles. The Bertz CT molecular complexity index is 109. The molecule has 0 aliphatic heterocycles. The lowest BCUT2D eigenvalue weighted by molar-refractivity contribution is 0.0520. The summed E-state index contributed by atoms with van der Waals surface area (Å²) in [5, 5.41) is 0. The largest absolute Gasteiger partial charge is 0.197 e. The first-order chi connectivity index (χ1) is 4.46.